The highest BCUT2D eigenvalue weighted by molar-refractivity contribution is 7.99. The maximum Gasteiger partial charge on any atom is 0.0512 e. The van der Waals surface area contributed by atoms with E-state index in [2.05, 4.69) is 38.1 Å². The predicted octanol–water partition coefficient (Wildman–Crippen LogP) is 2.89. The molecule has 18 heavy (non-hydrogen) atoms. The number of hydrogen-bond acceptors (Lipinski definition) is 3. The van der Waals surface area contributed by atoms with Gasteiger partial charge in [-0.2, -0.15) is 0 Å². The molecule has 1 heterocycles. The quantitative estimate of drug-likeness (QED) is 0.861. The van der Waals surface area contributed by atoms with E-state index in [4.69, 9.17) is 0 Å². The highest BCUT2D eigenvalue weighted by Gasteiger charge is 2.37. The molecule has 3 heteroatoms. The molecule has 1 atom stereocenters. The fourth-order valence-corrected chi connectivity index (χ4v) is 3.92. The van der Waals surface area contributed by atoms with Gasteiger partial charge in [0.1, 0.15) is 0 Å². The van der Waals surface area contributed by atoms with E-state index >= 15 is 0 Å². The van der Waals surface area contributed by atoms with Crippen molar-refractivity contribution in [1.82, 2.24) is 0 Å². The standard InChI is InChI=1S/C15H22O2S/c1-11(2)15(9-16,10-17)7-12-8-18-14-6-4-3-5-13(12)14/h3-6,11-12,16-17H,7-10H2,1-2H3. The summed E-state index contributed by atoms with van der Waals surface area (Å²) in [5, 5.41) is 19.4. The van der Waals surface area contributed by atoms with Crippen molar-refractivity contribution in [2.75, 3.05) is 19.0 Å². The Morgan fingerprint density at radius 2 is 1.94 bits per heavy atom. The van der Waals surface area contributed by atoms with Gasteiger partial charge >= 0.3 is 0 Å². The van der Waals surface area contributed by atoms with E-state index in [1.54, 1.807) is 0 Å². The fourth-order valence-electron chi connectivity index (χ4n) is 2.67. The van der Waals surface area contributed by atoms with Gasteiger partial charge in [-0.15, -0.1) is 11.8 Å². The van der Waals surface area contributed by atoms with Gasteiger partial charge in [0.25, 0.3) is 0 Å². The average Bonchev–Trinajstić information content (AvgIpc) is 2.79. The van der Waals surface area contributed by atoms with Crippen LogP contribution in [-0.4, -0.2) is 29.2 Å². The normalized spacial score (nSPS) is 19.3. The highest BCUT2D eigenvalue weighted by atomic mass is 32.2. The molecular weight excluding hydrogens is 244 g/mol. The largest absolute Gasteiger partial charge is 0.396 e. The van der Waals surface area contributed by atoms with Crippen LogP contribution in [0.2, 0.25) is 0 Å². The Balaban J connectivity index is 2.20. The maximum atomic E-state index is 9.69. The summed E-state index contributed by atoms with van der Waals surface area (Å²) in [5.41, 5.74) is 1.03. The molecule has 0 fully saturated rings. The molecular formula is C15H22O2S. The molecule has 0 aromatic heterocycles. The Kier molecular flexibility index (Phi) is 4.36. The van der Waals surface area contributed by atoms with Crippen molar-refractivity contribution in [3.8, 4) is 0 Å². The summed E-state index contributed by atoms with van der Waals surface area (Å²) in [4.78, 5) is 1.36. The first-order valence-electron chi connectivity index (χ1n) is 6.56. The molecule has 0 saturated carbocycles. The second kappa shape index (κ2) is 5.64. The van der Waals surface area contributed by atoms with E-state index in [0.29, 0.717) is 5.92 Å². The van der Waals surface area contributed by atoms with Crippen LogP contribution in [0.3, 0.4) is 0 Å². The van der Waals surface area contributed by atoms with Gasteiger partial charge in [0.2, 0.25) is 0 Å². The maximum absolute atomic E-state index is 9.69. The molecule has 1 aliphatic rings. The van der Waals surface area contributed by atoms with Crippen molar-refractivity contribution < 1.29 is 10.2 Å². The zero-order valence-electron chi connectivity index (χ0n) is 11.1. The van der Waals surface area contributed by atoms with Gasteiger partial charge in [-0.1, -0.05) is 32.0 Å². The lowest BCUT2D eigenvalue weighted by Crippen LogP contribution is -2.37. The van der Waals surface area contributed by atoms with Gasteiger partial charge in [0.15, 0.2) is 0 Å². The molecule has 0 aliphatic carbocycles. The smallest absolute Gasteiger partial charge is 0.0512 e. The third-order valence-corrected chi connectivity index (χ3v) is 5.56. The summed E-state index contributed by atoms with van der Waals surface area (Å²) >= 11 is 1.89. The number of fused-ring (bicyclic) bond motifs is 1. The first-order valence-corrected chi connectivity index (χ1v) is 7.55. The molecule has 0 bridgehead atoms. The van der Waals surface area contributed by atoms with Gasteiger partial charge in [0, 0.05) is 16.1 Å². The van der Waals surface area contributed by atoms with Crippen LogP contribution in [0.5, 0.6) is 0 Å². The second-order valence-electron chi connectivity index (χ2n) is 5.58. The third-order valence-electron chi connectivity index (χ3n) is 4.31. The van der Waals surface area contributed by atoms with Gasteiger partial charge < -0.3 is 10.2 Å². The first-order chi connectivity index (χ1) is 8.63. The molecule has 1 unspecified atom stereocenters. The molecule has 2 N–H and O–H groups in total. The molecule has 0 spiro atoms. The van der Waals surface area contributed by atoms with Gasteiger partial charge in [-0.25, -0.2) is 0 Å². The van der Waals surface area contributed by atoms with E-state index in [0.717, 1.165) is 12.2 Å². The number of hydrogen-bond donors (Lipinski definition) is 2. The number of rotatable bonds is 5. The van der Waals surface area contributed by atoms with Crippen LogP contribution in [0.4, 0.5) is 0 Å². The number of aliphatic hydroxyl groups excluding tert-OH is 2. The average molecular weight is 266 g/mol. The number of aliphatic hydroxyl groups is 2. The Labute approximate surface area is 113 Å². The van der Waals surface area contributed by atoms with Crippen molar-refractivity contribution in [3.63, 3.8) is 0 Å². The van der Waals surface area contributed by atoms with E-state index in [1.165, 1.54) is 10.5 Å². The summed E-state index contributed by atoms with van der Waals surface area (Å²) in [6.45, 7) is 4.29. The summed E-state index contributed by atoms with van der Waals surface area (Å²) in [6.07, 6.45) is 0.863. The van der Waals surface area contributed by atoms with Crippen molar-refractivity contribution in [2.24, 2.45) is 11.3 Å². The van der Waals surface area contributed by atoms with Crippen molar-refractivity contribution in [2.45, 2.75) is 31.1 Å². The van der Waals surface area contributed by atoms with E-state index in [1.807, 2.05) is 11.8 Å². The van der Waals surface area contributed by atoms with Crippen LogP contribution in [-0.2, 0) is 0 Å². The Hall–Kier alpha value is -0.510. The van der Waals surface area contributed by atoms with Crippen LogP contribution in [0.1, 0.15) is 31.7 Å². The summed E-state index contributed by atoms with van der Waals surface area (Å²) in [6, 6.07) is 8.49. The van der Waals surface area contributed by atoms with Crippen LogP contribution >= 0.6 is 11.8 Å². The van der Waals surface area contributed by atoms with Crippen molar-refractivity contribution in [1.29, 1.82) is 0 Å². The Morgan fingerprint density at radius 1 is 1.28 bits per heavy atom. The molecule has 2 nitrogen and oxygen atoms in total. The molecule has 0 radical (unpaired) electrons. The van der Waals surface area contributed by atoms with Gasteiger partial charge in [-0.3, -0.25) is 0 Å². The predicted molar refractivity (Wildman–Crippen MR) is 76.0 cm³/mol. The Morgan fingerprint density at radius 3 is 2.56 bits per heavy atom. The first kappa shape index (κ1) is 13.9. The fraction of sp³-hybridized carbons (Fsp3) is 0.600. The SMILES string of the molecule is CC(C)C(CO)(CO)CC1CSc2ccccc21. The van der Waals surface area contributed by atoms with Crippen LogP contribution in [0.15, 0.2) is 29.2 Å². The molecule has 1 aromatic rings. The van der Waals surface area contributed by atoms with Crippen LogP contribution in [0, 0.1) is 11.3 Å². The second-order valence-corrected chi connectivity index (χ2v) is 6.65. The monoisotopic (exact) mass is 266 g/mol. The van der Waals surface area contributed by atoms with Gasteiger partial charge in [-0.05, 0) is 29.9 Å². The van der Waals surface area contributed by atoms with Crippen LogP contribution in [0.25, 0.3) is 0 Å². The van der Waals surface area contributed by atoms with E-state index in [9.17, 15) is 10.2 Å². The summed E-state index contributed by atoms with van der Waals surface area (Å²) < 4.78 is 0. The lowest BCUT2D eigenvalue weighted by Gasteiger charge is -2.36. The Bertz CT molecular complexity index is 399. The minimum Gasteiger partial charge on any atom is -0.396 e. The van der Waals surface area contributed by atoms with Crippen LogP contribution < -0.4 is 0 Å². The van der Waals surface area contributed by atoms with E-state index < -0.39 is 0 Å². The number of benzene rings is 1. The lowest BCUT2D eigenvalue weighted by atomic mass is 9.71. The third kappa shape index (κ3) is 2.44. The minimum absolute atomic E-state index is 0.0600. The van der Waals surface area contributed by atoms with Crippen molar-refractivity contribution >= 4 is 11.8 Å². The van der Waals surface area contributed by atoms with Gasteiger partial charge in [0.05, 0.1) is 13.2 Å². The highest BCUT2D eigenvalue weighted by Crippen LogP contribution is 2.46. The molecule has 0 saturated heterocycles. The molecule has 1 aliphatic heterocycles. The molecule has 2 rings (SSSR count). The molecule has 1 aromatic carbocycles. The summed E-state index contributed by atoms with van der Waals surface area (Å²) in [7, 11) is 0. The number of thioether (sulfide) groups is 1. The van der Waals surface area contributed by atoms with E-state index in [-0.39, 0.29) is 24.5 Å². The van der Waals surface area contributed by atoms with Crippen molar-refractivity contribution in [3.05, 3.63) is 29.8 Å². The topological polar surface area (TPSA) is 40.5 Å². The zero-order chi connectivity index (χ0) is 13.2. The zero-order valence-corrected chi connectivity index (χ0v) is 11.9. The lowest BCUT2D eigenvalue weighted by molar-refractivity contribution is 0.00472. The molecule has 0 amide bonds. The summed E-state index contributed by atoms with van der Waals surface area (Å²) in [5.74, 6) is 1.80. The minimum atomic E-state index is -0.358. The molecule has 100 valence electrons.